The fourth-order valence-corrected chi connectivity index (χ4v) is 16.9. The third-order valence-corrected chi connectivity index (χ3v) is 23.7. The third-order valence-electron chi connectivity index (χ3n) is 11.5. The van der Waals surface area contributed by atoms with Gasteiger partial charge in [0.2, 0.25) is 0 Å². The molecule has 2 aliphatic rings. The lowest BCUT2D eigenvalue weighted by atomic mass is 9.63. The fourth-order valence-electron chi connectivity index (χ4n) is 8.66. The number of rotatable bonds is 27. The van der Waals surface area contributed by atoms with E-state index in [0.717, 1.165) is 82.2 Å². The second kappa shape index (κ2) is 22.5. The van der Waals surface area contributed by atoms with Gasteiger partial charge in [-0.25, -0.2) is 0 Å². The monoisotopic (exact) mass is 757 g/mol. The summed E-state index contributed by atoms with van der Waals surface area (Å²) < 4.78 is 66.7. The molecule has 48 heavy (non-hydrogen) atoms. The maximum absolute atomic E-state index is 6.00. The van der Waals surface area contributed by atoms with Crippen LogP contribution in [0.1, 0.15) is 70.6 Å². The minimum Gasteiger partial charge on any atom is -0.386 e. The first-order chi connectivity index (χ1) is 23.1. The van der Waals surface area contributed by atoms with Crippen LogP contribution in [0.25, 0.3) is 0 Å². The van der Waals surface area contributed by atoms with Crippen LogP contribution in [0.5, 0.6) is 0 Å². The van der Waals surface area contributed by atoms with Crippen molar-refractivity contribution in [1.82, 2.24) is 4.57 Å². The summed E-state index contributed by atoms with van der Waals surface area (Å²) in [4.78, 5) is 0. The molecule has 286 valence electrons. The van der Waals surface area contributed by atoms with Crippen LogP contribution in [-0.2, 0) is 48.7 Å². The van der Waals surface area contributed by atoms with E-state index in [0.29, 0.717) is 23.7 Å². The summed E-state index contributed by atoms with van der Waals surface area (Å²) in [6, 6.07) is 3.51. The summed E-state index contributed by atoms with van der Waals surface area (Å²) in [5.74, 6) is 2.46. The number of hydrogen-bond acceptors (Lipinski definition) is 12. The van der Waals surface area contributed by atoms with Crippen molar-refractivity contribution in [1.29, 1.82) is 0 Å². The summed E-state index contributed by atoms with van der Waals surface area (Å²) in [5.41, 5.74) is 0. The average Bonchev–Trinajstić information content (AvgIpc) is 3.55. The van der Waals surface area contributed by atoms with Gasteiger partial charge in [-0.3, -0.25) is 4.57 Å². The zero-order valence-electron chi connectivity index (χ0n) is 32.3. The lowest BCUT2D eigenvalue weighted by molar-refractivity contribution is 0.0699. The van der Waals surface area contributed by atoms with Crippen LogP contribution in [0, 0.1) is 23.7 Å². The van der Waals surface area contributed by atoms with Crippen molar-refractivity contribution in [2.45, 2.75) is 94.8 Å². The van der Waals surface area contributed by atoms with Gasteiger partial charge in [0.25, 0.3) is 0 Å². The molecule has 16 heteroatoms. The minimum absolute atomic E-state index is 0.589. The van der Waals surface area contributed by atoms with Gasteiger partial charge in [0.1, 0.15) is 0 Å². The smallest absolute Gasteiger partial charge is 0.386 e. The molecule has 0 amide bonds. The van der Waals surface area contributed by atoms with E-state index in [-0.39, 0.29) is 0 Å². The second-order valence-electron chi connectivity index (χ2n) is 13.4. The first-order valence-electron chi connectivity index (χ1n) is 17.9. The Kier molecular flexibility index (Phi) is 20.8. The molecule has 0 aromatic rings. The molecule has 2 rings (SSSR count). The molecular formula is C32H71NO11Si4. The van der Waals surface area contributed by atoms with Crippen molar-refractivity contribution < 1.29 is 48.7 Å². The van der Waals surface area contributed by atoms with E-state index < -0.39 is 35.1 Å². The molecule has 2 unspecified atom stereocenters. The van der Waals surface area contributed by atoms with E-state index in [1.54, 1.807) is 64.0 Å². The van der Waals surface area contributed by atoms with Crippen LogP contribution >= 0.6 is 0 Å². The molecule has 2 atom stereocenters. The van der Waals surface area contributed by atoms with Crippen LogP contribution in [0.4, 0.5) is 0 Å². The molecule has 1 heterocycles. The van der Waals surface area contributed by atoms with Gasteiger partial charge >= 0.3 is 35.1 Å². The fraction of sp³-hybridized carbons (Fsp3) is 1.00. The lowest BCUT2D eigenvalue weighted by Crippen LogP contribution is -2.53. The highest BCUT2D eigenvalue weighted by Gasteiger charge is 2.47. The predicted molar refractivity (Wildman–Crippen MR) is 196 cm³/mol. The molecular weight excluding hydrogens is 687 g/mol. The first kappa shape index (κ1) is 44.5. The first-order valence-corrected chi connectivity index (χ1v) is 25.7. The van der Waals surface area contributed by atoms with Crippen molar-refractivity contribution in [3.05, 3.63) is 0 Å². The van der Waals surface area contributed by atoms with Gasteiger partial charge in [0, 0.05) is 102 Å². The number of nitrogens with zero attached hydrogens (tertiary/aromatic N) is 1. The lowest BCUT2D eigenvalue weighted by Gasteiger charge is -2.44. The molecule has 1 saturated heterocycles. The van der Waals surface area contributed by atoms with Crippen LogP contribution in [0.15, 0.2) is 0 Å². The Hall–Kier alpha value is 0.388. The largest absolute Gasteiger partial charge is 0.500 e. The molecule has 0 aromatic carbocycles. The van der Waals surface area contributed by atoms with E-state index in [1.807, 2.05) is 14.2 Å². The molecule has 1 saturated carbocycles. The normalized spacial score (nSPS) is 24.1. The van der Waals surface area contributed by atoms with Crippen molar-refractivity contribution in [2.24, 2.45) is 23.7 Å². The van der Waals surface area contributed by atoms with Crippen LogP contribution in [-0.4, -0.2) is 131 Å². The van der Waals surface area contributed by atoms with Crippen molar-refractivity contribution in [2.75, 3.05) is 91.3 Å². The molecule has 0 N–H and O–H groups in total. The van der Waals surface area contributed by atoms with E-state index >= 15 is 0 Å². The molecule has 0 bridgehead atoms. The Morgan fingerprint density at radius 3 is 1.29 bits per heavy atom. The maximum Gasteiger partial charge on any atom is 0.500 e. The molecule has 0 spiro atoms. The third kappa shape index (κ3) is 12.0. The van der Waals surface area contributed by atoms with Crippen LogP contribution in [0.3, 0.4) is 0 Å². The number of hydrogen-bond donors (Lipinski definition) is 0. The average molecular weight is 758 g/mol. The highest BCUT2D eigenvalue weighted by molar-refractivity contribution is 6.65. The van der Waals surface area contributed by atoms with E-state index in [9.17, 15) is 0 Å². The zero-order valence-corrected chi connectivity index (χ0v) is 36.3. The topological polar surface area (TPSA) is 105 Å². The second-order valence-corrected chi connectivity index (χ2v) is 26.1. The Labute approximate surface area is 297 Å². The van der Waals surface area contributed by atoms with Gasteiger partial charge in [-0.15, -0.1) is 0 Å². The van der Waals surface area contributed by atoms with E-state index in [4.69, 9.17) is 48.7 Å². The van der Waals surface area contributed by atoms with Gasteiger partial charge in [0.15, 0.2) is 0 Å². The molecule has 1 aliphatic carbocycles. The van der Waals surface area contributed by atoms with Gasteiger partial charge in [-0.1, -0.05) is 12.8 Å². The molecule has 2 fully saturated rings. The maximum atomic E-state index is 6.00. The highest BCUT2D eigenvalue weighted by atomic mass is 28.4. The quantitative estimate of drug-likeness (QED) is 0.0928. The summed E-state index contributed by atoms with van der Waals surface area (Å²) in [7, 11) is 8.87. The molecule has 0 radical (unpaired) electrons. The summed E-state index contributed by atoms with van der Waals surface area (Å²) >= 11 is 0. The molecule has 0 aromatic heterocycles. The Balaban J connectivity index is 2.27. The van der Waals surface area contributed by atoms with Crippen LogP contribution in [0.2, 0.25) is 24.2 Å². The zero-order chi connectivity index (χ0) is 35.7. The standard InChI is InChI=1S/C32H71NO11Si4/c1-34-45(35-2)23-16-22-33(45)21-12-17-29-27-30(18-13-24-46(36-3,37-4)38-5)32(20-15-26-48(42-9,43-10)44-11)31(28-29)19-14-25-47(39-6,40-7)41-8/h29-32H,12-28H2,1-11H3. The van der Waals surface area contributed by atoms with Gasteiger partial charge < -0.3 is 48.7 Å². The van der Waals surface area contributed by atoms with Crippen molar-refractivity contribution >= 4 is 35.1 Å². The SMILES string of the molecule is CO[Si](CCCC1CC(CCCN2CCC[Si]2(OC)OC)CC(CCC[Si](OC)(OC)OC)C1CCC[Si](OC)(OC)OC)(OC)OC. The summed E-state index contributed by atoms with van der Waals surface area (Å²) in [6.07, 6.45) is 12.5. The summed E-state index contributed by atoms with van der Waals surface area (Å²) in [5, 5.41) is 0. The van der Waals surface area contributed by atoms with E-state index in [2.05, 4.69) is 4.57 Å². The Morgan fingerprint density at radius 2 is 0.917 bits per heavy atom. The molecule has 12 nitrogen and oxygen atoms in total. The van der Waals surface area contributed by atoms with Crippen molar-refractivity contribution in [3.8, 4) is 0 Å². The molecule has 1 aliphatic heterocycles. The van der Waals surface area contributed by atoms with E-state index in [1.165, 1.54) is 25.7 Å². The Morgan fingerprint density at radius 1 is 0.521 bits per heavy atom. The van der Waals surface area contributed by atoms with Gasteiger partial charge in [-0.05, 0) is 94.5 Å². The highest BCUT2D eigenvalue weighted by Crippen LogP contribution is 2.47. The minimum atomic E-state index is -2.65. The summed E-state index contributed by atoms with van der Waals surface area (Å²) in [6.45, 7) is 2.13. The van der Waals surface area contributed by atoms with Gasteiger partial charge in [-0.2, -0.15) is 0 Å². The van der Waals surface area contributed by atoms with Crippen molar-refractivity contribution in [3.63, 3.8) is 0 Å². The Bertz CT molecular complexity index is 790. The predicted octanol–water partition coefficient (Wildman–Crippen LogP) is 5.94. The van der Waals surface area contributed by atoms with Gasteiger partial charge in [0.05, 0.1) is 0 Å². The van der Waals surface area contributed by atoms with Crippen LogP contribution < -0.4 is 0 Å².